The van der Waals surface area contributed by atoms with E-state index in [0.29, 0.717) is 11.6 Å². The number of hydrogen-bond donors (Lipinski definition) is 2. The first kappa shape index (κ1) is 15.8. The third kappa shape index (κ3) is 4.21. The van der Waals surface area contributed by atoms with Crippen LogP contribution in [-0.4, -0.2) is 46.9 Å². The molecule has 3 rings (SSSR count). The molecule has 2 aliphatic rings. The van der Waals surface area contributed by atoms with E-state index < -0.39 is 6.04 Å². The summed E-state index contributed by atoms with van der Waals surface area (Å²) in [4.78, 5) is 30.7. The first-order valence-corrected chi connectivity index (χ1v) is 8.46. The molecule has 1 unspecified atom stereocenters. The molecule has 2 heterocycles. The van der Waals surface area contributed by atoms with Gasteiger partial charge in [0.2, 0.25) is 5.91 Å². The fraction of sp³-hybridized carbons (Fsp3) is 0.588. The van der Waals surface area contributed by atoms with Gasteiger partial charge in [-0.2, -0.15) is 0 Å². The van der Waals surface area contributed by atoms with Crippen molar-refractivity contribution in [1.82, 2.24) is 15.2 Å². The van der Waals surface area contributed by atoms with E-state index in [-0.39, 0.29) is 11.8 Å². The Labute approximate surface area is 136 Å². The van der Waals surface area contributed by atoms with Gasteiger partial charge in [-0.1, -0.05) is 0 Å². The Kier molecular flexibility index (Phi) is 4.79. The third-order valence-corrected chi connectivity index (χ3v) is 4.34. The molecule has 124 valence electrons. The highest BCUT2D eigenvalue weighted by Crippen LogP contribution is 2.23. The van der Waals surface area contributed by atoms with Gasteiger partial charge in [0.1, 0.15) is 11.9 Å². The van der Waals surface area contributed by atoms with Crippen molar-refractivity contribution in [1.29, 1.82) is 0 Å². The van der Waals surface area contributed by atoms with Crippen molar-refractivity contribution < 1.29 is 9.59 Å². The van der Waals surface area contributed by atoms with Crippen molar-refractivity contribution in [3.05, 3.63) is 23.9 Å². The molecule has 1 aromatic rings. The molecule has 2 amide bonds. The Bertz CT molecular complexity index is 562. The minimum atomic E-state index is -0.509. The van der Waals surface area contributed by atoms with Gasteiger partial charge in [-0.05, 0) is 51.2 Å². The monoisotopic (exact) mass is 316 g/mol. The summed E-state index contributed by atoms with van der Waals surface area (Å²) in [5.74, 6) is 0.535. The largest absolute Gasteiger partial charge is 0.367 e. The van der Waals surface area contributed by atoms with Crippen LogP contribution in [-0.2, 0) is 4.79 Å². The van der Waals surface area contributed by atoms with E-state index in [9.17, 15) is 9.59 Å². The maximum Gasteiger partial charge on any atom is 0.253 e. The molecular formula is C17H24N4O2. The van der Waals surface area contributed by atoms with E-state index in [1.54, 1.807) is 19.2 Å². The molecule has 1 saturated carbocycles. The lowest BCUT2D eigenvalue weighted by Crippen LogP contribution is -2.48. The van der Waals surface area contributed by atoms with Crippen molar-refractivity contribution in [3.8, 4) is 0 Å². The van der Waals surface area contributed by atoms with Crippen LogP contribution in [0.3, 0.4) is 0 Å². The number of piperidine rings is 1. The Morgan fingerprint density at radius 3 is 2.57 bits per heavy atom. The predicted octanol–water partition coefficient (Wildman–Crippen LogP) is 1.79. The van der Waals surface area contributed by atoms with Crippen molar-refractivity contribution in [2.75, 3.05) is 18.4 Å². The molecule has 0 spiro atoms. The smallest absolute Gasteiger partial charge is 0.253 e. The molecule has 23 heavy (non-hydrogen) atoms. The maximum atomic E-state index is 12.3. The lowest BCUT2D eigenvalue weighted by Gasteiger charge is -2.29. The zero-order chi connectivity index (χ0) is 16.2. The molecule has 0 radical (unpaired) electrons. The highest BCUT2D eigenvalue weighted by atomic mass is 16.2. The Morgan fingerprint density at radius 2 is 1.96 bits per heavy atom. The minimum Gasteiger partial charge on any atom is -0.367 e. The Morgan fingerprint density at radius 1 is 1.22 bits per heavy atom. The summed E-state index contributed by atoms with van der Waals surface area (Å²) in [5.41, 5.74) is 0.477. The summed E-state index contributed by atoms with van der Waals surface area (Å²) in [7, 11) is 0. The number of amides is 2. The van der Waals surface area contributed by atoms with Crippen molar-refractivity contribution in [2.24, 2.45) is 0 Å². The van der Waals surface area contributed by atoms with Gasteiger partial charge < -0.3 is 15.5 Å². The summed E-state index contributed by atoms with van der Waals surface area (Å²) in [6, 6.07) is 3.57. The molecule has 0 bridgehead atoms. The van der Waals surface area contributed by atoms with Crippen LogP contribution in [0.2, 0.25) is 0 Å². The van der Waals surface area contributed by atoms with Crippen LogP contribution in [0.25, 0.3) is 0 Å². The summed E-state index contributed by atoms with van der Waals surface area (Å²) in [6.07, 6.45) is 7.19. The van der Waals surface area contributed by atoms with Crippen molar-refractivity contribution in [2.45, 2.75) is 51.1 Å². The van der Waals surface area contributed by atoms with Gasteiger partial charge in [0, 0.05) is 25.3 Å². The molecule has 2 fully saturated rings. The standard InChI is InChI=1S/C17H24N4O2/c1-12(17(23)21-9-3-2-4-10-21)19-16(22)13-5-8-15(18-11-13)20-14-6-7-14/h5,8,11-12,14H,2-4,6-7,9-10H2,1H3,(H,18,20)(H,19,22). The second kappa shape index (κ2) is 6.98. The van der Waals surface area contributed by atoms with E-state index in [1.165, 1.54) is 19.3 Å². The zero-order valence-corrected chi connectivity index (χ0v) is 13.5. The quantitative estimate of drug-likeness (QED) is 0.868. The number of nitrogens with zero attached hydrogens (tertiary/aromatic N) is 2. The SMILES string of the molecule is CC(NC(=O)c1ccc(NC2CC2)nc1)C(=O)N1CCCCC1. The van der Waals surface area contributed by atoms with Gasteiger partial charge >= 0.3 is 0 Å². The van der Waals surface area contributed by atoms with Gasteiger partial charge in [-0.25, -0.2) is 4.98 Å². The van der Waals surface area contributed by atoms with Crippen LogP contribution in [0.4, 0.5) is 5.82 Å². The molecule has 1 aliphatic carbocycles. The molecule has 2 N–H and O–H groups in total. The first-order valence-electron chi connectivity index (χ1n) is 8.46. The van der Waals surface area contributed by atoms with Crippen LogP contribution < -0.4 is 10.6 Å². The number of nitrogens with one attached hydrogen (secondary N) is 2. The average molecular weight is 316 g/mol. The maximum absolute atomic E-state index is 12.3. The van der Waals surface area contributed by atoms with E-state index >= 15 is 0 Å². The fourth-order valence-electron chi connectivity index (χ4n) is 2.78. The molecular weight excluding hydrogens is 292 g/mol. The van der Waals surface area contributed by atoms with Gasteiger partial charge in [-0.15, -0.1) is 0 Å². The van der Waals surface area contributed by atoms with Crippen LogP contribution in [0, 0.1) is 0 Å². The minimum absolute atomic E-state index is 0.00182. The van der Waals surface area contributed by atoms with Crippen LogP contribution in [0.5, 0.6) is 0 Å². The van der Waals surface area contributed by atoms with Crippen molar-refractivity contribution >= 4 is 17.6 Å². The van der Waals surface area contributed by atoms with E-state index in [4.69, 9.17) is 0 Å². The highest BCUT2D eigenvalue weighted by molar-refractivity contribution is 5.97. The normalized spacial score (nSPS) is 19.1. The van der Waals surface area contributed by atoms with Crippen molar-refractivity contribution in [3.63, 3.8) is 0 Å². The molecule has 1 saturated heterocycles. The van der Waals surface area contributed by atoms with Crippen LogP contribution >= 0.6 is 0 Å². The predicted molar refractivity (Wildman–Crippen MR) is 88.2 cm³/mol. The Balaban J connectivity index is 1.53. The van der Waals surface area contributed by atoms with E-state index in [2.05, 4.69) is 15.6 Å². The summed E-state index contributed by atoms with van der Waals surface area (Å²) < 4.78 is 0. The number of carbonyl (C=O) groups is 2. The van der Waals surface area contributed by atoms with Gasteiger partial charge in [0.05, 0.1) is 5.56 Å². The Hall–Kier alpha value is -2.11. The molecule has 1 atom stereocenters. The number of carbonyl (C=O) groups excluding carboxylic acids is 2. The number of anilines is 1. The summed E-state index contributed by atoms with van der Waals surface area (Å²) in [5, 5.41) is 6.06. The number of rotatable bonds is 5. The summed E-state index contributed by atoms with van der Waals surface area (Å²) >= 11 is 0. The lowest BCUT2D eigenvalue weighted by atomic mass is 10.1. The second-order valence-electron chi connectivity index (χ2n) is 6.43. The molecule has 1 aliphatic heterocycles. The van der Waals surface area contributed by atoms with Crippen LogP contribution in [0.15, 0.2) is 18.3 Å². The lowest BCUT2D eigenvalue weighted by molar-refractivity contribution is -0.133. The second-order valence-corrected chi connectivity index (χ2v) is 6.43. The van der Waals surface area contributed by atoms with Crippen LogP contribution in [0.1, 0.15) is 49.4 Å². The van der Waals surface area contributed by atoms with Gasteiger partial charge in [0.25, 0.3) is 5.91 Å². The fourth-order valence-corrected chi connectivity index (χ4v) is 2.78. The number of likely N-dealkylation sites (tertiary alicyclic amines) is 1. The molecule has 0 aromatic carbocycles. The first-order chi connectivity index (χ1) is 11.1. The number of hydrogen-bond acceptors (Lipinski definition) is 4. The average Bonchev–Trinajstić information content (AvgIpc) is 3.39. The highest BCUT2D eigenvalue weighted by Gasteiger charge is 2.24. The molecule has 6 heteroatoms. The number of aromatic nitrogens is 1. The third-order valence-electron chi connectivity index (χ3n) is 4.34. The summed E-state index contributed by atoms with van der Waals surface area (Å²) in [6.45, 7) is 3.33. The van der Waals surface area contributed by atoms with Gasteiger partial charge in [-0.3, -0.25) is 9.59 Å². The zero-order valence-electron chi connectivity index (χ0n) is 13.5. The van der Waals surface area contributed by atoms with E-state index in [0.717, 1.165) is 31.7 Å². The van der Waals surface area contributed by atoms with E-state index in [1.807, 2.05) is 11.0 Å². The molecule has 6 nitrogen and oxygen atoms in total. The number of pyridine rings is 1. The topological polar surface area (TPSA) is 74.3 Å². The van der Waals surface area contributed by atoms with Gasteiger partial charge in [0.15, 0.2) is 0 Å². The molecule has 1 aromatic heterocycles.